The van der Waals surface area contributed by atoms with Crippen LogP contribution in [0.3, 0.4) is 0 Å². The Labute approximate surface area is 195 Å². The van der Waals surface area contributed by atoms with Gasteiger partial charge in [-0.25, -0.2) is 0 Å². The van der Waals surface area contributed by atoms with Gasteiger partial charge in [0.15, 0.2) is 23.0 Å². The summed E-state index contributed by atoms with van der Waals surface area (Å²) in [5.74, 6) is 2.86. The molecule has 0 aliphatic carbocycles. The van der Waals surface area contributed by atoms with Crippen LogP contribution in [0, 0.1) is 0 Å². The van der Waals surface area contributed by atoms with Gasteiger partial charge in [-0.05, 0) is 91.8 Å². The predicted molar refractivity (Wildman–Crippen MR) is 131 cm³/mol. The van der Waals surface area contributed by atoms with Crippen molar-refractivity contribution in [2.24, 2.45) is 0 Å². The lowest BCUT2D eigenvalue weighted by Crippen LogP contribution is -2.20. The molecule has 1 atom stereocenters. The van der Waals surface area contributed by atoms with Gasteiger partial charge in [-0.3, -0.25) is 0 Å². The van der Waals surface area contributed by atoms with E-state index in [1.165, 1.54) is 11.1 Å². The number of benzene rings is 3. The van der Waals surface area contributed by atoms with E-state index in [9.17, 15) is 0 Å². The lowest BCUT2D eigenvalue weighted by atomic mass is 9.98. The molecule has 4 nitrogen and oxygen atoms in total. The van der Waals surface area contributed by atoms with Crippen molar-refractivity contribution in [2.75, 3.05) is 19.5 Å². The van der Waals surface area contributed by atoms with Gasteiger partial charge in [0.2, 0.25) is 0 Å². The minimum atomic E-state index is 0.386. The van der Waals surface area contributed by atoms with Gasteiger partial charge in [-0.1, -0.05) is 30.2 Å². The molecule has 5 heteroatoms. The number of anilines is 1. The molecule has 1 aliphatic heterocycles. The van der Waals surface area contributed by atoms with E-state index in [4.69, 9.17) is 25.8 Å². The maximum absolute atomic E-state index is 6.30. The van der Waals surface area contributed by atoms with E-state index in [0.29, 0.717) is 17.5 Å². The van der Waals surface area contributed by atoms with Crippen LogP contribution in [0.2, 0.25) is 5.02 Å². The highest BCUT2D eigenvalue weighted by Gasteiger charge is 2.15. The molecule has 32 heavy (non-hydrogen) atoms. The highest BCUT2D eigenvalue weighted by molar-refractivity contribution is 6.30. The van der Waals surface area contributed by atoms with Gasteiger partial charge in [0, 0.05) is 16.8 Å². The van der Waals surface area contributed by atoms with E-state index in [1.54, 1.807) is 14.2 Å². The van der Waals surface area contributed by atoms with Gasteiger partial charge in [0.25, 0.3) is 0 Å². The minimum Gasteiger partial charge on any atom is -0.493 e. The number of ether oxygens (including phenoxy) is 3. The summed E-state index contributed by atoms with van der Waals surface area (Å²) in [7, 11) is 3.33. The van der Waals surface area contributed by atoms with Crippen LogP contribution in [0.15, 0.2) is 60.7 Å². The van der Waals surface area contributed by atoms with Crippen LogP contribution >= 0.6 is 11.6 Å². The minimum absolute atomic E-state index is 0.386. The van der Waals surface area contributed by atoms with Gasteiger partial charge >= 0.3 is 0 Å². The summed E-state index contributed by atoms with van der Waals surface area (Å²) in [5, 5.41) is 4.46. The SMILES string of the molecule is COc1ccc2cc1Oc1cc(ccc1OC)CCC(Nc1ccc(Cl)cc1)CCCC2. The maximum atomic E-state index is 6.30. The molecule has 0 radical (unpaired) electrons. The van der Waals surface area contributed by atoms with Crippen molar-refractivity contribution in [3.8, 4) is 23.0 Å². The molecule has 0 spiro atoms. The van der Waals surface area contributed by atoms with Gasteiger partial charge in [-0.15, -0.1) is 0 Å². The first-order valence-electron chi connectivity index (χ1n) is 11.2. The third kappa shape index (κ3) is 5.68. The fraction of sp³-hybridized carbons (Fsp3) is 0.333. The first kappa shape index (κ1) is 22.3. The maximum Gasteiger partial charge on any atom is 0.169 e. The molecule has 4 rings (SSSR count). The molecular weight excluding hydrogens is 422 g/mol. The van der Waals surface area contributed by atoms with E-state index >= 15 is 0 Å². The van der Waals surface area contributed by atoms with Crippen LogP contribution in [-0.4, -0.2) is 20.3 Å². The van der Waals surface area contributed by atoms with Crippen LogP contribution in [-0.2, 0) is 12.8 Å². The Morgan fingerprint density at radius 2 is 1.41 bits per heavy atom. The zero-order valence-electron chi connectivity index (χ0n) is 18.7. The van der Waals surface area contributed by atoms with Gasteiger partial charge in [0.05, 0.1) is 14.2 Å². The lowest BCUT2D eigenvalue weighted by Gasteiger charge is -2.21. The van der Waals surface area contributed by atoms with Crippen molar-refractivity contribution in [3.05, 3.63) is 76.8 Å². The monoisotopic (exact) mass is 451 g/mol. The molecule has 1 aliphatic rings. The molecule has 0 saturated carbocycles. The zero-order valence-corrected chi connectivity index (χ0v) is 19.5. The molecule has 0 saturated heterocycles. The predicted octanol–water partition coefficient (Wildman–Crippen LogP) is 7.29. The van der Waals surface area contributed by atoms with E-state index in [1.807, 2.05) is 36.4 Å². The zero-order chi connectivity index (χ0) is 22.3. The molecule has 4 bridgehead atoms. The van der Waals surface area contributed by atoms with Crippen LogP contribution in [0.25, 0.3) is 0 Å². The van der Waals surface area contributed by atoms with E-state index in [2.05, 4.69) is 29.6 Å². The Kier molecular flexibility index (Phi) is 7.43. The second-order valence-electron chi connectivity index (χ2n) is 8.21. The van der Waals surface area contributed by atoms with Crippen molar-refractivity contribution in [1.29, 1.82) is 0 Å². The third-order valence-electron chi connectivity index (χ3n) is 5.94. The molecule has 0 fully saturated rings. The molecule has 1 heterocycles. The van der Waals surface area contributed by atoms with E-state index < -0.39 is 0 Å². The number of halogens is 1. The molecule has 3 aromatic rings. The highest BCUT2D eigenvalue weighted by Crippen LogP contribution is 2.38. The van der Waals surface area contributed by atoms with Crippen LogP contribution < -0.4 is 19.5 Å². The Balaban J connectivity index is 1.60. The summed E-state index contributed by atoms with van der Waals surface area (Å²) >= 11 is 6.06. The largest absolute Gasteiger partial charge is 0.493 e. The number of hydrogen-bond donors (Lipinski definition) is 1. The fourth-order valence-corrected chi connectivity index (χ4v) is 4.29. The quantitative estimate of drug-likeness (QED) is 0.452. The normalized spacial score (nSPS) is 16.4. The van der Waals surface area contributed by atoms with Crippen molar-refractivity contribution < 1.29 is 14.2 Å². The smallest absolute Gasteiger partial charge is 0.169 e. The van der Waals surface area contributed by atoms with Crippen LogP contribution in [0.5, 0.6) is 23.0 Å². The van der Waals surface area contributed by atoms with E-state index in [-0.39, 0.29) is 0 Å². The molecular formula is C27H30ClNO3. The molecule has 168 valence electrons. The van der Waals surface area contributed by atoms with Crippen molar-refractivity contribution >= 4 is 17.3 Å². The fourth-order valence-electron chi connectivity index (χ4n) is 4.16. The van der Waals surface area contributed by atoms with Crippen LogP contribution in [0.1, 0.15) is 36.8 Å². The first-order chi connectivity index (χ1) is 15.6. The summed E-state index contributed by atoms with van der Waals surface area (Å²) in [6, 6.07) is 20.7. The number of hydrogen-bond acceptors (Lipinski definition) is 4. The Morgan fingerprint density at radius 1 is 0.781 bits per heavy atom. The molecule has 1 unspecified atom stereocenters. The second kappa shape index (κ2) is 10.6. The Morgan fingerprint density at radius 3 is 2.03 bits per heavy atom. The third-order valence-corrected chi connectivity index (χ3v) is 6.19. The number of methoxy groups -OCH3 is 2. The number of rotatable bonds is 4. The topological polar surface area (TPSA) is 39.7 Å². The van der Waals surface area contributed by atoms with Gasteiger partial charge in [0.1, 0.15) is 0 Å². The average Bonchev–Trinajstić information content (AvgIpc) is 2.81. The average molecular weight is 452 g/mol. The lowest BCUT2D eigenvalue weighted by molar-refractivity contribution is 0.355. The second-order valence-corrected chi connectivity index (χ2v) is 8.64. The first-order valence-corrected chi connectivity index (χ1v) is 11.6. The van der Waals surface area contributed by atoms with Crippen molar-refractivity contribution in [1.82, 2.24) is 0 Å². The molecule has 1 N–H and O–H groups in total. The summed E-state index contributed by atoms with van der Waals surface area (Å²) in [6.07, 6.45) is 6.38. The number of aryl methyl sites for hydroxylation is 2. The van der Waals surface area contributed by atoms with Crippen molar-refractivity contribution in [3.63, 3.8) is 0 Å². The van der Waals surface area contributed by atoms with Crippen LogP contribution in [0.4, 0.5) is 5.69 Å². The van der Waals surface area contributed by atoms with Crippen molar-refractivity contribution in [2.45, 2.75) is 44.6 Å². The summed E-state index contributed by atoms with van der Waals surface area (Å²) in [4.78, 5) is 0. The number of nitrogens with one attached hydrogen (secondary N) is 1. The van der Waals surface area contributed by atoms with Gasteiger partial charge < -0.3 is 19.5 Å². The molecule has 3 aromatic carbocycles. The van der Waals surface area contributed by atoms with Gasteiger partial charge in [-0.2, -0.15) is 0 Å². The highest BCUT2D eigenvalue weighted by atomic mass is 35.5. The molecule has 0 aromatic heterocycles. The Bertz CT molecular complexity index is 1040. The molecule has 0 amide bonds. The summed E-state index contributed by atoms with van der Waals surface area (Å²) < 4.78 is 17.4. The van der Waals surface area contributed by atoms with E-state index in [0.717, 1.165) is 60.7 Å². The summed E-state index contributed by atoms with van der Waals surface area (Å²) in [5.41, 5.74) is 3.57. The number of fused-ring (bicyclic) bond motifs is 4. The Hall–Kier alpha value is -2.85. The summed E-state index contributed by atoms with van der Waals surface area (Å²) in [6.45, 7) is 0. The standard InChI is InChI=1S/C27H30ClNO3/c1-30-24-15-8-19-5-3-4-6-22(29-23-13-10-21(28)11-14-23)12-7-20-9-16-25(31-2)27(18-20)32-26(24)17-19/h8-11,13-18,22,29H,3-7,12H2,1-2H3.